The molecule has 0 spiro atoms. The third kappa shape index (κ3) is 2.18. The Labute approximate surface area is 125 Å². The minimum absolute atomic E-state index is 0.00209. The van der Waals surface area contributed by atoms with Crippen LogP contribution in [0.1, 0.15) is 12.8 Å². The maximum absolute atomic E-state index is 12.5. The molecule has 2 saturated heterocycles. The zero-order chi connectivity index (χ0) is 14.3. The first-order valence-electron chi connectivity index (χ1n) is 6.55. The Bertz CT molecular complexity index is 576. The van der Waals surface area contributed by atoms with Crippen molar-refractivity contribution in [3.05, 3.63) is 22.7 Å². The molecule has 0 N–H and O–H groups in total. The lowest BCUT2D eigenvalue weighted by Gasteiger charge is -2.36. The quantitative estimate of drug-likeness (QED) is 0.826. The van der Waals surface area contributed by atoms with Gasteiger partial charge in [0.25, 0.3) is 0 Å². The first-order chi connectivity index (χ1) is 9.60. The Hall–Kier alpha value is -1.56. The molecule has 3 rings (SSSR count). The van der Waals surface area contributed by atoms with Crippen molar-refractivity contribution < 1.29 is 14.3 Å². The highest BCUT2D eigenvalue weighted by molar-refractivity contribution is 9.10. The fourth-order valence-electron chi connectivity index (χ4n) is 2.85. The van der Waals surface area contributed by atoms with Gasteiger partial charge in [0.2, 0.25) is 11.8 Å². The number of methoxy groups -OCH3 is 1. The number of carbonyl (C=O) groups excluding carboxylic acids is 2. The predicted molar refractivity (Wildman–Crippen MR) is 77.8 cm³/mol. The summed E-state index contributed by atoms with van der Waals surface area (Å²) >= 11 is 3.40. The van der Waals surface area contributed by atoms with Crippen LogP contribution in [0.5, 0.6) is 5.75 Å². The van der Waals surface area contributed by atoms with E-state index in [0.717, 1.165) is 17.3 Å². The molecular weight excluding hydrogens is 324 g/mol. The molecule has 2 heterocycles. The van der Waals surface area contributed by atoms with Gasteiger partial charge >= 0.3 is 0 Å². The smallest absolute Gasteiger partial charge is 0.250 e. The number of amides is 2. The van der Waals surface area contributed by atoms with Crippen LogP contribution in [0, 0.1) is 0 Å². The fraction of sp³-hybridized carbons (Fsp3) is 0.429. The summed E-state index contributed by atoms with van der Waals surface area (Å²) in [6, 6.07) is 5.14. The van der Waals surface area contributed by atoms with Crippen LogP contribution in [0.3, 0.4) is 0 Å². The molecule has 5 nitrogen and oxygen atoms in total. The molecule has 2 amide bonds. The molecule has 0 saturated carbocycles. The van der Waals surface area contributed by atoms with Gasteiger partial charge in [0.15, 0.2) is 0 Å². The van der Waals surface area contributed by atoms with Gasteiger partial charge in [-0.2, -0.15) is 0 Å². The number of benzene rings is 1. The summed E-state index contributed by atoms with van der Waals surface area (Å²) in [5, 5.41) is 0. The summed E-state index contributed by atoms with van der Waals surface area (Å²) in [5.74, 6) is 0.678. The molecule has 2 fully saturated rings. The Kier molecular flexibility index (Phi) is 3.41. The van der Waals surface area contributed by atoms with E-state index in [1.807, 2.05) is 12.1 Å². The Morgan fingerprint density at radius 1 is 1.30 bits per heavy atom. The van der Waals surface area contributed by atoms with Crippen LogP contribution in [0.15, 0.2) is 22.7 Å². The van der Waals surface area contributed by atoms with Gasteiger partial charge in [-0.05, 0) is 25.0 Å². The number of rotatable bonds is 2. The minimum atomic E-state index is -0.291. The Morgan fingerprint density at radius 2 is 2.10 bits per heavy atom. The minimum Gasteiger partial charge on any atom is -0.497 e. The van der Waals surface area contributed by atoms with Crippen LogP contribution in [-0.4, -0.2) is 43.0 Å². The highest BCUT2D eigenvalue weighted by Gasteiger charge is 2.42. The molecular formula is C14H15BrN2O3. The van der Waals surface area contributed by atoms with E-state index in [1.54, 1.807) is 23.0 Å². The van der Waals surface area contributed by atoms with E-state index in [9.17, 15) is 9.59 Å². The van der Waals surface area contributed by atoms with Crippen molar-refractivity contribution in [1.82, 2.24) is 4.90 Å². The van der Waals surface area contributed by atoms with Gasteiger partial charge in [-0.25, -0.2) is 0 Å². The molecule has 0 radical (unpaired) electrons. The fourth-order valence-corrected chi connectivity index (χ4v) is 3.31. The van der Waals surface area contributed by atoms with Crippen LogP contribution in [0.2, 0.25) is 0 Å². The second kappa shape index (κ2) is 5.09. The molecule has 0 bridgehead atoms. The van der Waals surface area contributed by atoms with Gasteiger partial charge in [-0.1, -0.05) is 15.9 Å². The van der Waals surface area contributed by atoms with Gasteiger partial charge in [-0.3, -0.25) is 9.59 Å². The largest absolute Gasteiger partial charge is 0.497 e. The van der Waals surface area contributed by atoms with E-state index < -0.39 is 0 Å². The highest BCUT2D eigenvalue weighted by Crippen LogP contribution is 2.31. The molecule has 0 aromatic heterocycles. The summed E-state index contributed by atoms with van der Waals surface area (Å²) in [4.78, 5) is 27.9. The second-order valence-corrected chi connectivity index (χ2v) is 5.93. The lowest BCUT2D eigenvalue weighted by molar-refractivity contribution is -0.140. The van der Waals surface area contributed by atoms with Crippen molar-refractivity contribution in [3.8, 4) is 5.75 Å². The first kappa shape index (κ1) is 13.4. The van der Waals surface area contributed by atoms with Gasteiger partial charge < -0.3 is 14.5 Å². The van der Waals surface area contributed by atoms with E-state index in [0.29, 0.717) is 18.0 Å². The molecule has 1 unspecified atom stereocenters. The summed E-state index contributed by atoms with van der Waals surface area (Å²) in [5.41, 5.74) is 0.695. The zero-order valence-corrected chi connectivity index (χ0v) is 12.7. The molecule has 1 atom stereocenters. The number of anilines is 1. The van der Waals surface area contributed by atoms with Crippen molar-refractivity contribution in [3.63, 3.8) is 0 Å². The summed E-state index contributed by atoms with van der Waals surface area (Å²) in [6.07, 6.45) is 1.66. The molecule has 106 valence electrons. The molecule has 2 aliphatic heterocycles. The maximum Gasteiger partial charge on any atom is 0.250 e. The standard InChI is InChI=1S/C14H15BrN2O3/c1-20-11-6-9(15)5-10(7-11)17-8-13(18)16-4-2-3-12(16)14(17)19/h5-7,12H,2-4,8H2,1H3. The van der Waals surface area contributed by atoms with Crippen LogP contribution in [0.25, 0.3) is 0 Å². The zero-order valence-electron chi connectivity index (χ0n) is 11.1. The van der Waals surface area contributed by atoms with Crippen LogP contribution in [-0.2, 0) is 9.59 Å². The lowest BCUT2D eigenvalue weighted by Crippen LogP contribution is -2.57. The number of hydrogen-bond acceptors (Lipinski definition) is 3. The SMILES string of the molecule is COc1cc(Br)cc(N2CC(=O)N3CCCC3C2=O)c1. The molecule has 2 aliphatic rings. The molecule has 1 aromatic carbocycles. The number of carbonyl (C=O) groups is 2. The number of piperazine rings is 1. The van der Waals surface area contributed by atoms with E-state index in [2.05, 4.69) is 15.9 Å². The summed E-state index contributed by atoms with van der Waals surface area (Å²) < 4.78 is 6.03. The third-order valence-electron chi connectivity index (χ3n) is 3.82. The van der Waals surface area contributed by atoms with Crippen molar-refractivity contribution in [2.75, 3.05) is 25.1 Å². The molecule has 1 aromatic rings. The molecule has 6 heteroatoms. The lowest BCUT2D eigenvalue weighted by atomic mass is 10.1. The third-order valence-corrected chi connectivity index (χ3v) is 4.28. The predicted octanol–water partition coefficient (Wildman–Crippen LogP) is 1.80. The maximum atomic E-state index is 12.5. The van der Waals surface area contributed by atoms with Crippen LogP contribution >= 0.6 is 15.9 Å². The number of ether oxygens (including phenoxy) is 1. The molecule has 20 heavy (non-hydrogen) atoms. The molecule has 0 aliphatic carbocycles. The van der Waals surface area contributed by atoms with Gasteiger partial charge in [0, 0.05) is 22.8 Å². The monoisotopic (exact) mass is 338 g/mol. The average molecular weight is 339 g/mol. The first-order valence-corrected chi connectivity index (χ1v) is 7.35. The number of fused-ring (bicyclic) bond motifs is 1. The van der Waals surface area contributed by atoms with Gasteiger partial charge in [-0.15, -0.1) is 0 Å². The van der Waals surface area contributed by atoms with Crippen LogP contribution < -0.4 is 9.64 Å². The average Bonchev–Trinajstić information content (AvgIpc) is 2.92. The van der Waals surface area contributed by atoms with E-state index in [-0.39, 0.29) is 24.4 Å². The number of hydrogen-bond donors (Lipinski definition) is 0. The van der Waals surface area contributed by atoms with Crippen molar-refractivity contribution >= 4 is 33.4 Å². The normalized spacial score (nSPS) is 22.2. The van der Waals surface area contributed by atoms with E-state index in [1.165, 1.54) is 0 Å². The summed E-state index contributed by atoms with van der Waals surface area (Å²) in [7, 11) is 1.58. The Morgan fingerprint density at radius 3 is 2.85 bits per heavy atom. The second-order valence-electron chi connectivity index (χ2n) is 5.02. The Balaban J connectivity index is 1.95. The van der Waals surface area contributed by atoms with Gasteiger partial charge in [0.05, 0.1) is 7.11 Å². The number of nitrogens with zero attached hydrogens (tertiary/aromatic N) is 2. The highest BCUT2D eigenvalue weighted by atomic mass is 79.9. The van der Waals surface area contributed by atoms with Crippen LogP contribution in [0.4, 0.5) is 5.69 Å². The van der Waals surface area contributed by atoms with Crippen molar-refractivity contribution in [2.45, 2.75) is 18.9 Å². The number of halogens is 1. The van der Waals surface area contributed by atoms with Gasteiger partial charge in [0.1, 0.15) is 18.3 Å². The van der Waals surface area contributed by atoms with E-state index in [4.69, 9.17) is 4.74 Å². The van der Waals surface area contributed by atoms with E-state index >= 15 is 0 Å². The van der Waals surface area contributed by atoms with Crippen molar-refractivity contribution in [1.29, 1.82) is 0 Å². The van der Waals surface area contributed by atoms with Crippen molar-refractivity contribution in [2.24, 2.45) is 0 Å². The topological polar surface area (TPSA) is 49.9 Å². The summed E-state index contributed by atoms with van der Waals surface area (Å²) in [6.45, 7) is 0.805.